The normalized spacial score (nSPS) is 34.2. The van der Waals surface area contributed by atoms with Crippen molar-refractivity contribution >= 4 is 22.4 Å². The average Bonchev–Trinajstić information content (AvgIpc) is 2.57. The highest BCUT2D eigenvalue weighted by Gasteiger charge is 2.38. The second kappa shape index (κ2) is 5.64. The first-order valence-corrected chi connectivity index (χ1v) is 7.22. The lowest BCUT2D eigenvalue weighted by atomic mass is 9.86. The molecule has 0 aromatic rings. The van der Waals surface area contributed by atoms with Gasteiger partial charge in [-0.1, -0.05) is 0 Å². The maximum Gasteiger partial charge on any atom is 0.208 e. The van der Waals surface area contributed by atoms with E-state index in [1.165, 1.54) is 6.26 Å². The zero-order valence-corrected chi connectivity index (χ0v) is 10.9. The average molecular weight is 271 g/mol. The van der Waals surface area contributed by atoms with Crippen molar-refractivity contribution in [3.8, 4) is 0 Å². The van der Waals surface area contributed by atoms with E-state index in [1.807, 2.05) is 0 Å². The fraction of sp³-hybridized carbons (Fsp3) is 1.00. The number of hydrogen-bond donors (Lipinski definition) is 2. The smallest absolute Gasteiger partial charge is 0.208 e. The van der Waals surface area contributed by atoms with Gasteiger partial charge >= 0.3 is 0 Å². The van der Waals surface area contributed by atoms with Gasteiger partial charge in [0.1, 0.15) is 0 Å². The van der Waals surface area contributed by atoms with E-state index in [4.69, 9.17) is 4.74 Å². The topological polar surface area (TPSA) is 67.4 Å². The molecule has 0 spiro atoms. The third kappa shape index (κ3) is 3.56. The molecule has 0 aromatic carbocycles. The fourth-order valence-electron chi connectivity index (χ4n) is 2.39. The number of sulfonamides is 1. The number of piperidine rings is 1. The molecule has 0 saturated carbocycles. The van der Waals surface area contributed by atoms with Gasteiger partial charge in [0.25, 0.3) is 0 Å². The zero-order valence-electron chi connectivity index (χ0n) is 9.31. The van der Waals surface area contributed by atoms with Gasteiger partial charge in [-0.05, 0) is 18.9 Å². The Labute approximate surface area is 103 Å². The number of fused-ring (bicyclic) bond motifs is 1. The summed E-state index contributed by atoms with van der Waals surface area (Å²) >= 11 is 0. The molecule has 2 saturated heterocycles. The van der Waals surface area contributed by atoms with Gasteiger partial charge in [0.15, 0.2) is 0 Å². The molecule has 5 nitrogen and oxygen atoms in total. The predicted octanol–water partition coefficient (Wildman–Crippen LogP) is -0.418. The molecule has 2 heterocycles. The van der Waals surface area contributed by atoms with Crippen LogP contribution in [0, 0.1) is 11.8 Å². The Kier molecular flexibility index (Phi) is 5.00. The van der Waals surface area contributed by atoms with Crippen LogP contribution >= 0.6 is 12.4 Å². The molecule has 0 aliphatic carbocycles. The van der Waals surface area contributed by atoms with E-state index in [2.05, 4.69) is 10.0 Å². The van der Waals surface area contributed by atoms with Gasteiger partial charge in [-0.2, -0.15) is 0 Å². The maximum atomic E-state index is 11.0. The van der Waals surface area contributed by atoms with E-state index in [0.717, 1.165) is 26.1 Å². The quantitative estimate of drug-likeness (QED) is 0.731. The molecule has 7 heteroatoms. The molecule has 16 heavy (non-hydrogen) atoms. The van der Waals surface area contributed by atoms with E-state index >= 15 is 0 Å². The van der Waals surface area contributed by atoms with Crippen molar-refractivity contribution in [2.75, 3.05) is 32.5 Å². The molecule has 0 aromatic heterocycles. The summed E-state index contributed by atoms with van der Waals surface area (Å²) in [6.45, 7) is 3.18. The lowest BCUT2D eigenvalue weighted by Gasteiger charge is -2.27. The molecule has 2 fully saturated rings. The highest BCUT2D eigenvalue weighted by atomic mass is 35.5. The molecule has 0 unspecified atom stereocenters. The van der Waals surface area contributed by atoms with Crippen molar-refractivity contribution in [2.24, 2.45) is 11.8 Å². The summed E-state index contributed by atoms with van der Waals surface area (Å²) in [5.41, 5.74) is 0. The highest BCUT2D eigenvalue weighted by Crippen LogP contribution is 2.30. The Bertz CT molecular complexity index is 323. The summed E-state index contributed by atoms with van der Waals surface area (Å²) in [6, 6.07) is 0. The molecule has 2 aliphatic heterocycles. The first-order chi connectivity index (χ1) is 7.06. The lowest BCUT2D eigenvalue weighted by molar-refractivity contribution is 0.0944. The molecule has 2 rings (SSSR count). The Morgan fingerprint density at radius 3 is 2.94 bits per heavy atom. The summed E-state index contributed by atoms with van der Waals surface area (Å²) in [6.07, 6.45) is 2.36. The summed E-state index contributed by atoms with van der Waals surface area (Å²) in [7, 11) is -3.10. The van der Waals surface area contributed by atoms with Crippen LogP contribution in [-0.4, -0.2) is 47.0 Å². The van der Waals surface area contributed by atoms with Crippen molar-refractivity contribution in [3.05, 3.63) is 0 Å². The molecule has 0 bridgehead atoms. The number of hydrogen-bond acceptors (Lipinski definition) is 4. The second-order valence-corrected chi connectivity index (χ2v) is 6.24. The van der Waals surface area contributed by atoms with Gasteiger partial charge in [-0.15, -0.1) is 12.4 Å². The minimum absolute atomic E-state index is 0. The first kappa shape index (κ1) is 14.2. The van der Waals surface area contributed by atoms with Crippen molar-refractivity contribution in [2.45, 2.75) is 12.5 Å². The number of nitrogens with one attached hydrogen (secondary N) is 2. The first-order valence-electron chi connectivity index (χ1n) is 5.33. The monoisotopic (exact) mass is 270 g/mol. The van der Waals surface area contributed by atoms with Crippen LogP contribution in [0.15, 0.2) is 0 Å². The number of rotatable bonds is 3. The van der Waals surface area contributed by atoms with E-state index in [1.54, 1.807) is 0 Å². The van der Waals surface area contributed by atoms with Gasteiger partial charge in [0.05, 0.1) is 19.0 Å². The fourth-order valence-corrected chi connectivity index (χ4v) is 2.86. The third-order valence-electron chi connectivity index (χ3n) is 3.23. The maximum absolute atomic E-state index is 11.0. The Morgan fingerprint density at radius 1 is 1.50 bits per heavy atom. The number of ether oxygens (including phenoxy) is 1. The van der Waals surface area contributed by atoms with Crippen molar-refractivity contribution in [1.29, 1.82) is 0 Å². The second-order valence-electron chi connectivity index (χ2n) is 4.41. The van der Waals surface area contributed by atoms with E-state index in [9.17, 15) is 8.42 Å². The van der Waals surface area contributed by atoms with Gasteiger partial charge in [0.2, 0.25) is 10.0 Å². The van der Waals surface area contributed by atoms with Crippen LogP contribution in [0.4, 0.5) is 0 Å². The van der Waals surface area contributed by atoms with Gasteiger partial charge in [0, 0.05) is 19.0 Å². The van der Waals surface area contributed by atoms with Crippen molar-refractivity contribution < 1.29 is 13.2 Å². The van der Waals surface area contributed by atoms with Crippen molar-refractivity contribution in [1.82, 2.24) is 10.0 Å². The third-order valence-corrected chi connectivity index (χ3v) is 3.92. The van der Waals surface area contributed by atoms with Crippen molar-refractivity contribution in [3.63, 3.8) is 0 Å². The van der Waals surface area contributed by atoms with E-state index < -0.39 is 10.0 Å². The SMILES string of the molecule is CS(=O)(=O)NC[C@H]1OC[C@@H]2CCNC[C@@H]21.Cl. The van der Waals surface area contributed by atoms with E-state index in [0.29, 0.717) is 18.4 Å². The minimum atomic E-state index is -3.10. The molecule has 0 amide bonds. The van der Waals surface area contributed by atoms with Crippen LogP contribution in [-0.2, 0) is 14.8 Å². The van der Waals surface area contributed by atoms with Crippen LogP contribution in [0.3, 0.4) is 0 Å². The van der Waals surface area contributed by atoms with Gasteiger partial charge < -0.3 is 10.1 Å². The Hall–Kier alpha value is 0.120. The van der Waals surface area contributed by atoms with Crippen LogP contribution in [0.2, 0.25) is 0 Å². The summed E-state index contributed by atoms with van der Waals surface area (Å²) in [4.78, 5) is 0. The molecule has 0 radical (unpaired) electrons. The molecular weight excluding hydrogens is 252 g/mol. The van der Waals surface area contributed by atoms with Gasteiger partial charge in [-0.3, -0.25) is 0 Å². The zero-order chi connectivity index (χ0) is 10.9. The molecular formula is C9H19ClN2O3S. The summed E-state index contributed by atoms with van der Waals surface area (Å²) in [5, 5.41) is 3.33. The standard InChI is InChI=1S/C9H18N2O3S.ClH/c1-15(12,13)11-5-9-8-4-10-3-2-7(8)6-14-9;/h7-11H,2-6H2,1H3;1H/t7-,8-,9+;/m0./s1. The van der Waals surface area contributed by atoms with Crippen LogP contribution < -0.4 is 10.0 Å². The molecule has 3 atom stereocenters. The summed E-state index contributed by atoms with van der Waals surface area (Å²) < 4.78 is 30.1. The lowest BCUT2D eigenvalue weighted by Crippen LogP contribution is -2.43. The van der Waals surface area contributed by atoms with Crippen LogP contribution in [0.1, 0.15) is 6.42 Å². The van der Waals surface area contributed by atoms with Crippen LogP contribution in [0.25, 0.3) is 0 Å². The Balaban J connectivity index is 0.00000128. The Morgan fingerprint density at radius 2 is 2.25 bits per heavy atom. The minimum Gasteiger partial charge on any atom is -0.376 e. The molecule has 2 aliphatic rings. The predicted molar refractivity (Wildman–Crippen MR) is 64.3 cm³/mol. The summed E-state index contributed by atoms with van der Waals surface area (Å²) in [5.74, 6) is 1.07. The van der Waals surface area contributed by atoms with Gasteiger partial charge in [-0.25, -0.2) is 13.1 Å². The number of halogens is 1. The largest absolute Gasteiger partial charge is 0.376 e. The highest BCUT2D eigenvalue weighted by molar-refractivity contribution is 7.88. The van der Waals surface area contributed by atoms with E-state index in [-0.39, 0.29) is 18.5 Å². The molecule has 96 valence electrons. The van der Waals surface area contributed by atoms with Crippen LogP contribution in [0.5, 0.6) is 0 Å². The molecule has 2 N–H and O–H groups in total.